The summed E-state index contributed by atoms with van der Waals surface area (Å²) >= 11 is 1.23. The molecule has 2 aliphatic rings. The maximum atomic E-state index is 12.1. The number of hydrogen-bond acceptors (Lipinski definition) is 4. The number of likely N-dealkylation sites (tertiary alicyclic amines) is 1. The van der Waals surface area contributed by atoms with Gasteiger partial charge in [-0.25, -0.2) is 0 Å². The SMILES string of the molecule is CC(=O)SC1CC(=O)N(C2(C#N)CCCCC2)C1. The van der Waals surface area contributed by atoms with E-state index in [2.05, 4.69) is 6.07 Å². The molecule has 0 aromatic rings. The molecule has 1 aliphatic carbocycles. The van der Waals surface area contributed by atoms with Gasteiger partial charge in [0.25, 0.3) is 0 Å². The Morgan fingerprint density at radius 2 is 2.11 bits per heavy atom. The molecule has 4 nitrogen and oxygen atoms in total. The number of thioether (sulfide) groups is 1. The van der Waals surface area contributed by atoms with Crippen molar-refractivity contribution in [2.75, 3.05) is 6.54 Å². The van der Waals surface area contributed by atoms with E-state index >= 15 is 0 Å². The Kier molecular flexibility index (Phi) is 3.96. The molecule has 0 N–H and O–H groups in total. The van der Waals surface area contributed by atoms with Crippen molar-refractivity contribution >= 4 is 22.8 Å². The molecule has 0 aromatic carbocycles. The first kappa shape index (κ1) is 13.4. The van der Waals surface area contributed by atoms with Crippen molar-refractivity contribution in [1.82, 2.24) is 4.90 Å². The molecular weight excluding hydrogens is 248 g/mol. The van der Waals surface area contributed by atoms with Crippen molar-refractivity contribution in [2.24, 2.45) is 0 Å². The van der Waals surface area contributed by atoms with Crippen molar-refractivity contribution in [2.45, 2.75) is 56.2 Å². The smallest absolute Gasteiger partial charge is 0.225 e. The Morgan fingerprint density at radius 3 is 2.67 bits per heavy atom. The molecule has 0 bridgehead atoms. The first-order chi connectivity index (χ1) is 8.57. The molecule has 0 aromatic heterocycles. The fourth-order valence-electron chi connectivity index (χ4n) is 2.98. The van der Waals surface area contributed by atoms with Crippen LogP contribution in [0.1, 0.15) is 45.4 Å². The maximum Gasteiger partial charge on any atom is 0.225 e. The van der Waals surface area contributed by atoms with Gasteiger partial charge in [-0.2, -0.15) is 5.26 Å². The van der Waals surface area contributed by atoms with Crippen LogP contribution in [0.15, 0.2) is 0 Å². The number of amides is 1. The lowest BCUT2D eigenvalue weighted by Crippen LogP contribution is -2.50. The Labute approximate surface area is 112 Å². The third-order valence-corrected chi connectivity index (χ3v) is 4.81. The summed E-state index contributed by atoms with van der Waals surface area (Å²) in [4.78, 5) is 24.9. The fourth-order valence-corrected chi connectivity index (χ4v) is 3.90. The lowest BCUT2D eigenvalue weighted by molar-refractivity contribution is -0.132. The van der Waals surface area contributed by atoms with Crippen LogP contribution in [0.3, 0.4) is 0 Å². The highest BCUT2D eigenvalue weighted by atomic mass is 32.2. The van der Waals surface area contributed by atoms with E-state index in [1.165, 1.54) is 18.7 Å². The van der Waals surface area contributed by atoms with E-state index in [-0.39, 0.29) is 16.3 Å². The van der Waals surface area contributed by atoms with E-state index in [0.29, 0.717) is 13.0 Å². The molecule has 1 saturated heterocycles. The quantitative estimate of drug-likeness (QED) is 0.768. The monoisotopic (exact) mass is 266 g/mol. The van der Waals surface area contributed by atoms with E-state index in [1.54, 1.807) is 4.90 Å². The van der Waals surface area contributed by atoms with Crippen molar-refractivity contribution in [3.05, 3.63) is 0 Å². The Bertz CT molecular complexity index is 396. The highest BCUT2D eigenvalue weighted by molar-refractivity contribution is 8.14. The zero-order valence-electron chi connectivity index (χ0n) is 10.6. The van der Waals surface area contributed by atoms with Crippen LogP contribution in [0.4, 0.5) is 0 Å². The summed E-state index contributed by atoms with van der Waals surface area (Å²) in [6.45, 7) is 2.08. The van der Waals surface area contributed by atoms with Gasteiger partial charge in [0.15, 0.2) is 5.12 Å². The Morgan fingerprint density at radius 1 is 1.44 bits per heavy atom. The molecule has 1 heterocycles. The van der Waals surface area contributed by atoms with Crippen LogP contribution < -0.4 is 0 Å². The van der Waals surface area contributed by atoms with Crippen molar-refractivity contribution in [3.63, 3.8) is 0 Å². The number of nitriles is 1. The topological polar surface area (TPSA) is 61.2 Å². The summed E-state index contributed by atoms with van der Waals surface area (Å²) in [5.74, 6) is 0.0391. The molecule has 1 saturated carbocycles. The average molecular weight is 266 g/mol. The number of carbonyl (C=O) groups excluding carboxylic acids is 2. The van der Waals surface area contributed by atoms with Gasteiger partial charge in [-0.1, -0.05) is 31.0 Å². The average Bonchev–Trinajstić information content (AvgIpc) is 2.70. The summed E-state index contributed by atoms with van der Waals surface area (Å²) in [5.41, 5.74) is -0.596. The minimum absolute atomic E-state index is 0.0298. The summed E-state index contributed by atoms with van der Waals surface area (Å²) in [7, 11) is 0. The highest BCUT2D eigenvalue weighted by Crippen LogP contribution is 2.38. The summed E-state index contributed by atoms with van der Waals surface area (Å²) in [6.07, 6.45) is 5.15. The molecule has 1 atom stereocenters. The zero-order valence-corrected chi connectivity index (χ0v) is 11.5. The van der Waals surface area contributed by atoms with Crippen molar-refractivity contribution in [3.8, 4) is 6.07 Å². The normalized spacial score (nSPS) is 27.0. The van der Waals surface area contributed by atoms with Gasteiger partial charge in [-0.15, -0.1) is 0 Å². The Balaban J connectivity index is 2.10. The van der Waals surface area contributed by atoms with E-state index in [9.17, 15) is 14.9 Å². The van der Waals surface area contributed by atoms with Gasteiger partial charge < -0.3 is 4.90 Å². The predicted molar refractivity (Wildman–Crippen MR) is 69.8 cm³/mol. The molecule has 1 unspecified atom stereocenters. The summed E-state index contributed by atoms with van der Waals surface area (Å²) in [5, 5.41) is 9.55. The highest BCUT2D eigenvalue weighted by Gasteiger charge is 2.45. The molecule has 0 spiro atoms. The second-order valence-electron chi connectivity index (χ2n) is 5.14. The predicted octanol–water partition coefficient (Wildman–Crippen LogP) is 2.09. The second-order valence-corrected chi connectivity index (χ2v) is 6.62. The number of carbonyl (C=O) groups is 2. The van der Waals surface area contributed by atoms with Gasteiger partial charge in [-0.3, -0.25) is 9.59 Å². The zero-order chi connectivity index (χ0) is 13.2. The van der Waals surface area contributed by atoms with Crippen LogP contribution in [0.2, 0.25) is 0 Å². The minimum atomic E-state index is -0.596. The third kappa shape index (κ3) is 2.54. The van der Waals surface area contributed by atoms with Crippen molar-refractivity contribution < 1.29 is 9.59 Å². The van der Waals surface area contributed by atoms with Crippen LogP contribution in [-0.4, -0.2) is 33.3 Å². The molecule has 2 rings (SSSR count). The van der Waals surface area contributed by atoms with E-state index in [4.69, 9.17) is 0 Å². The molecule has 5 heteroatoms. The standard InChI is InChI=1S/C13H18N2O2S/c1-10(16)18-11-7-12(17)15(8-11)13(9-14)5-3-2-4-6-13/h11H,2-8H2,1H3. The largest absolute Gasteiger partial charge is 0.323 e. The summed E-state index contributed by atoms with van der Waals surface area (Å²) in [6, 6.07) is 2.37. The van der Waals surface area contributed by atoms with Crippen LogP contribution in [0.5, 0.6) is 0 Å². The molecule has 1 aliphatic heterocycles. The number of nitrogens with zero attached hydrogens (tertiary/aromatic N) is 2. The molecule has 98 valence electrons. The minimum Gasteiger partial charge on any atom is -0.323 e. The molecule has 1 amide bonds. The molecule has 2 fully saturated rings. The van der Waals surface area contributed by atoms with Crippen LogP contribution in [0, 0.1) is 11.3 Å². The fraction of sp³-hybridized carbons (Fsp3) is 0.769. The van der Waals surface area contributed by atoms with Gasteiger partial charge in [0.2, 0.25) is 5.91 Å². The maximum absolute atomic E-state index is 12.1. The van der Waals surface area contributed by atoms with Crippen LogP contribution >= 0.6 is 11.8 Å². The van der Waals surface area contributed by atoms with E-state index in [1.807, 2.05) is 0 Å². The van der Waals surface area contributed by atoms with Gasteiger partial charge in [0, 0.05) is 25.1 Å². The lowest BCUT2D eigenvalue weighted by atomic mass is 9.81. The second kappa shape index (κ2) is 5.31. The van der Waals surface area contributed by atoms with E-state index < -0.39 is 5.54 Å². The third-order valence-electron chi connectivity index (χ3n) is 3.83. The van der Waals surface area contributed by atoms with Crippen LogP contribution in [-0.2, 0) is 9.59 Å². The Hall–Kier alpha value is -1.02. The molecule has 0 radical (unpaired) electrons. The molecular formula is C13H18N2O2S. The lowest BCUT2D eigenvalue weighted by Gasteiger charge is -2.39. The molecule has 18 heavy (non-hydrogen) atoms. The van der Waals surface area contributed by atoms with Gasteiger partial charge in [-0.05, 0) is 12.8 Å². The van der Waals surface area contributed by atoms with Crippen LogP contribution in [0.25, 0.3) is 0 Å². The first-order valence-corrected chi connectivity index (χ1v) is 7.34. The first-order valence-electron chi connectivity index (χ1n) is 6.46. The van der Waals surface area contributed by atoms with E-state index in [0.717, 1.165) is 32.1 Å². The summed E-state index contributed by atoms with van der Waals surface area (Å²) < 4.78 is 0. The number of hydrogen-bond donors (Lipinski definition) is 0. The van der Waals surface area contributed by atoms with Gasteiger partial charge >= 0.3 is 0 Å². The van der Waals surface area contributed by atoms with Gasteiger partial charge in [0.1, 0.15) is 5.54 Å². The number of rotatable bonds is 2. The van der Waals surface area contributed by atoms with Crippen molar-refractivity contribution in [1.29, 1.82) is 5.26 Å². The van der Waals surface area contributed by atoms with Gasteiger partial charge in [0.05, 0.1) is 6.07 Å².